The molecule has 14 aromatic carbocycles. The van der Waals surface area contributed by atoms with Crippen molar-refractivity contribution in [3.05, 3.63) is 289 Å². The summed E-state index contributed by atoms with van der Waals surface area (Å²) >= 11 is 0. The van der Waals surface area contributed by atoms with Crippen LogP contribution < -0.4 is 9.80 Å². The summed E-state index contributed by atoms with van der Waals surface area (Å²) in [4.78, 5) is 4.28. The molecule has 0 atom stereocenters. The van der Waals surface area contributed by atoms with Gasteiger partial charge in [0, 0.05) is 33.3 Å². The Morgan fingerprint density at radius 1 is 0.263 bits per heavy atom. The van der Waals surface area contributed by atoms with E-state index in [2.05, 4.69) is 232 Å². The highest BCUT2D eigenvalue weighted by Crippen LogP contribution is 2.53. The molecule has 14 aromatic rings. The molecule has 4 heteroatoms. The average molecular weight is 1030 g/mol. The Balaban J connectivity index is 1.06. The van der Waals surface area contributed by atoms with Crippen molar-refractivity contribution in [2.24, 2.45) is 0 Å². The molecule has 0 aliphatic rings. The second-order valence-corrected chi connectivity index (χ2v) is 21.3. The minimum atomic E-state index is -0.337. The van der Waals surface area contributed by atoms with Crippen molar-refractivity contribution in [1.82, 2.24) is 0 Å². The third-order valence-corrected chi connectivity index (χ3v) is 16.4. The summed E-state index contributed by atoms with van der Waals surface area (Å²) in [6.07, 6.45) is 0. The van der Waals surface area contributed by atoms with E-state index in [4.69, 9.17) is 0 Å². The molecule has 0 saturated heterocycles. The maximum absolute atomic E-state index is 18.3. The second-order valence-electron chi connectivity index (χ2n) is 21.3. The molecule has 0 amide bonds. The van der Waals surface area contributed by atoms with Crippen molar-refractivity contribution in [2.75, 3.05) is 9.80 Å². The highest BCUT2D eigenvalue weighted by atomic mass is 19.1. The van der Waals surface area contributed by atoms with Crippen molar-refractivity contribution < 1.29 is 8.78 Å². The average Bonchev–Trinajstić information content (AvgIpc) is 3.60. The normalized spacial score (nSPS) is 11.6. The largest absolute Gasteiger partial charge is 0.307 e. The molecule has 0 aliphatic carbocycles. The van der Waals surface area contributed by atoms with Crippen molar-refractivity contribution in [3.8, 4) is 44.5 Å². The Hall–Kier alpha value is -9.90. The molecule has 0 bridgehead atoms. The first kappa shape index (κ1) is 48.5. The number of anilines is 6. The van der Waals surface area contributed by atoms with Gasteiger partial charge in [-0.15, -0.1) is 0 Å². The lowest BCUT2D eigenvalue weighted by molar-refractivity contribution is 0.629. The van der Waals surface area contributed by atoms with Gasteiger partial charge in [0.05, 0.1) is 22.7 Å². The molecular formula is C76H54F2N2. The zero-order valence-corrected chi connectivity index (χ0v) is 44.9. The highest BCUT2D eigenvalue weighted by Gasteiger charge is 2.29. The molecule has 0 spiro atoms. The van der Waals surface area contributed by atoms with Crippen LogP contribution in [-0.2, 0) is 0 Å². The van der Waals surface area contributed by atoms with E-state index in [0.717, 1.165) is 143 Å². The monoisotopic (exact) mass is 1030 g/mol. The zero-order valence-electron chi connectivity index (χ0n) is 44.9. The Morgan fingerprint density at radius 3 is 0.975 bits per heavy atom. The molecular weight excluding hydrogens is 979 g/mol. The SMILES string of the molecule is Cc1ccccc1-c1cc(F)c(N(c2ccc3ccccc3c2)c2ccc3ccc4c(N(c5ccc6ccccc6c5)c5c(F)cc(-c6ccccc6C)cc5-c5ccccc5C)ccc5ccc2c3c54)c(-c2ccccc2C)c1. The summed E-state index contributed by atoms with van der Waals surface area (Å²) in [7, 11) is 0. The van der Waals surface area contributed by atoms with Crippen molar-refractivity contribution in [3.63, 3.8) is 0 Å². The number of hydrogen-bond donors (Lipinski definition) is 0. The first-order valence-electron chi connectivity index (χ1n) is 27.4. The molecule has 0 saturated carbocycles. The number of aryl methyl sites for hydroxylation is 4. The smallest absolute Gasteiger partial charge is 0.148 e. The molecule has 0 aliphatic heterocycles. The third kappa shape index (κ3) is 8.14. The van der Waals surface area contributed by atoms with Crippen LogP contribution in [0.4, 0.5) is 42.9 Å². The standard InChI is InChI=1S/C76H54F2N2/c1-47-17-5-13-25-61(47)57-43-67(63-27-15-7-19-49(63)3)75(69(77)45-57)79(59-35-29-51-21-9-11-23-55(51)41-59)71-39-33-53-32-38-66-72(40-34-54-31-37-65(71)73(53)74(54)66)80(60-36-30-52-22-10-12-24-56(52)42-60)76-68(64-28-16-8-20-50(64)4)44-58(46-70(76)78)62-26-14-6-18-48(62)2/h5-46H,1-4H3. The number of fused-ring (bicyclic) bond motifs is 2. The number of halogens is 2. The second kappa shape index (κ2) is 19.5. The van der Waals surface area contributed by atoms with Crippen LogP contribution in [-0.4, -0.2) is 0 Å². The molecule has 0 aromatic heterocycles. The molecule has 382 valence electrons. The van der Waals surface area contributed by atoms with Gasteiger partial charge in [-0.1, -0.05) is 194 Å². The van der Waals surface area contributed by atoms with Gasteiger partial charge in [0.25, 0.3) is 0 Å². The van der Waals surface area contributed by atoms with E-state index in [9.17, 15) is 0 Å². The summed E-state index contributed by atoms with van der Waals surface area (Å²) < 4.78 is 36.6. The molecule has 80 heavy (non-hydrogen) atoms. The van der Waals surface area contributed by atoms with Crippen LogP contribution in [0.15, 0.2) is 255 Å². The Bertz CT molecular complexity index is 4460. The van der Waals surface area contributed by atoms with Gasteiger partial charge in [0.15, 0.2) is 0 Å². The molecule has 0 heterocycles. The fourth-order valence-corrected chi connectivity index (χ4v) is 12.5. The molecule has 0 radical (unpaired) electrons. The summed E-state index contributed by atoms with van der Waals surface area (Å²) in [6, 6.07) is 87.6. The maximum atomic E-state index is 18.3. The van der Waals surface area contributed by atoms with Crippen LogP contribution in [0.1, 0.15) is 22.3 Å². The van der Waals surface area contributed by atoms with Gasteiger partial charge in [0.1, 0.15) is 11.6 Å². The fraction of sp³-hybridized carbons (Fsp3) is 0.0526. The van der Waals surface area contributed by atoms with Crippen LogP contribution in [0.25, 0.3) is 98.4 Å². The van der Waals surface area contributed by atoms with E-state index in [1.165, 1.54) is 0 Å². The van der Waals surface area contributed by atoms with Crippen LogP contribution in [0.2, 0.25) is 0 Å². The van der Waals surface area contributed by atoms with E-state index in [1.807, 2.05) is 48.5 Å². The molecule has 0 N–H and O–H groups in total. The summed E-state index contributed by atoms with van der Waals surface area (Å²) in [6.45, 7) is 8.35. The van der Waals surface area contributed by atoms with Crippen molar-refractivity contribution in [1.29, 1.82) is 0 Å². The minimum Gasteiger partial charge on any atom is -0.307 e. The fourth-order valence-electron chi connectivity index (χ4n) is 12.5. The van der Waals surface area contributed by atoms with Crippen molar-refractivity contribution >= 4 is 88.0 Å². The van der Waals surface area contributed by atoms with Crippen LogP contribution in [0.5, 0.6) is 0 Å². The van der Waals surface area contributed by atoms with Gasteiger partial charge in [-0.05, 0) is 187 Å². The number of hydrogen-bond acceptors (Lipinski definition) is 2. The predicted octanol–water partition coefficient (Wildman–Crippen LogP) is 22.0. The third-order valence-electron chi connectivity index (χ3n) is 16.4. The zero-order chi connectivity index (χ0) is 54.2. The molecule has 2 nitrogen and oxygen atoms in total. The first-order chi connectivity index (χ1) is 39.2. The topological polar surface area (TPSA) is 6.48 Å². The number of nitrogens with zero attached hydrogens (tertiary/aromatic N) is 2. The Kier molecular flexibility index (Phi) is 11.8. The highest BCUT2D eigenvalue weighted by molar-refractivity contribution is 6.28. The first-order valence-corrected chi connectivity index (χ1v) is 27.4. The van der Waals surface area contributed by atoms with Gasteiger partial charge >= 0.3 is 0 Å². The van der Waals surface area contributed by atoms with Gasteiger partial charge in [-0.2, -0.15) is 0 Å². The summed E-state index contributed by atoms with van der Waals surface area (Å²) in [5.74, 6) is -0.674. The van der Waals surface area contributed by atoms with E-state index in [-0.39, 0.29) is 11.6 Å². The van der Waals surface area contributed by atoms with E-state index in [0.29, 0.717) is 11.4 Å². The molecule has 0 fully saturated rings. The lowest BCUT2D eigenvalue weighted by Crippen LogP contribution is -2.15. The number of rotatable bonds is 10. The number of benzene rings is 14. The van der Waals surface area contributed by atoms with Gasteiger partial charge < -0.3 is 9.80 Å². The van der Waals surface area contributed by atoms with E-state index < -0.39 is 0 Å². The maximum Gasteiger partial charge on any atom is 0.148 e. The van der Waals surface area contributed by atoms with Gasteiger partial charge in [-0.25, -0.2) is 8.78 Å². The summed E-state index contributed by atoms with van der Waals surface area (Å²) in [5.41, 5.74) is 15.5. The predicted molar refractivity (Wildman–Crippen MR) is 335 cm³/mol. The van der Waals surface area contributed by atoms with Crippen LogP contribution in [0, 0.1) is 39.3 Å². The van der Waals surface area contributed by atoms with E-state index >= 15 is 8.78 Å². The quantitative estimate of drug-likeness (QED) is 0.126. The minimum absolute atomic E-state index is 0.337. The van der Waals surface area contributed by atoms with Crippen molar-refractivity contribution in [2.45, 2.75) is 27.7 Å². The van der Waals surface area contributed by atoms with Crippen LogP contribution >= 0.6 is 0 Å². The van der Waals surface area contributed by atoms with Gasteiger partial charge in [-0.3, -0.25) is 0 Å². The van der Waals surface area contributed by atoms with Gasteiger partial charge in [0.2, 0.25) is 0 Å². The Morgan fingerprint density at radius 2 is 0.588 bits per heavy atom. The summed E-state index contributed by atoms with van der Waals surface area (Å²) in [5, 5.41) is 10.3. The lowest BCUT2D eigenvalue weighted by atomic mass is 9.89. The molecule has 0 unspecified atom stereocenters. The van der Waals surface area contributed by atoms with E-state index in [1.54, 1.807) is 12.1 Å². The molecule has 14 rings (SSSR count). The van der Waals surface area contributed by atoms with Crippen LogP contribution in [0.3, 0.4) is 0 Å². The Labute approximate surface area is 465 Å². The lowest BCUT2D eigenvalue weighted by Gasteiger charge is -2.32.